The molecule has 5 heteroatoms. The van der Waals surface area contributed by atoms with E-state index in [-0.39, 0.29) is 6.10 Å². The third-order valence-electron chi connectivity index (χ3n) is 1.95. The van der Waals surface area contributed by atoms with Gasteiger partial charge in [0.15, 0.2) is 0 Å². The van der Waals surface area contributed by atoms with Gasteiger partial charge in [-0.2, -0.15) is 4.37 Å². The average molecular weight is 185 g/mol. The van der Waals surface area contributed by atoms with Crippen LogP contribution in [0.1, 0.15) is 12.2 Å². The van der Waals surface area contributed by atoms with E-state index in [1.54, 1.807) is 0 Å². The summed E-state index contributed by atoms with van der Waals surface area (Å²) in [5, 5.41) is 10.2. The third kappa shape index (κ3) is 1.42. The molecule has 1 atom stereocenters. The van der Waals surface area contributed by atoms with Crippen LogP contribution in [0.4, 0.5) is 5.13 Å². The van der Waals surface area contributed by atoms with Crippen molar-refractivity contribution in [1.29, 1.82) is 0 Å². The monoisotopic (exact) mass is 185 g/mol. The highest BCUT2D eigenvalue weighted by Crippen LogP contribution is 2.21. The molecule has 0 radical (unpaired) electrons. The molecule has 2 rings (SSSR count). The Balaban J connectivity index is 2.11. The van der Waals surface area contributed by atoms with E-state index >= 15 is 0 Å². The van der Waals surface area contributed by atoms with Gasteiger partial charge in [0.25, 0.3) is 0 Å². The van der Waals surface area contributed by atoms with Gasteiger partial charge >= 0.3 is 0 Å². The number of anilines is 1. The molecule has 0 amide bonds. The molecular weight excluding hydrogens is 174 g/mol. The number of hydrogen-bond donors (Lipinski definition) is 1. The Hall–Kier alpha value is -0.680. The van der Waals surface area contributed by atoms with E-state index in [1.807, 2.05) is 6.92 Å². The minimum absolute atomic E-state index is 0.186. The number of nitrogens with zero attached hydrogens (tertiary/aromatic N) is 3. The number of β-amino-alcohol motifs (C(OH)–C–C–N with tert-alkyl or cyclic N) is 1. The van der Waals surface area contributed by atoms with Crippen molar-refractivity contribution in [3.05, 3.63) is 5.82 Å². The average Bonchev–Trinajstić information content (AvgIpc) is 2.58. The van der Waals surface area contributed by atoms with Gasteiger partial charge in [-0.3, -0.25) is 0 Å². The lowest BCUT2D eigenvalue weighted by Gasteiger charge is -2.11. The first kappa shape index (κ1) is 7.94. The smallest absolute Gasteiger partial charge is 0.205 e. The fourth-order valence-corrected chi connectivity index (χ4v) is 2.04. The molecule has 1 aromatic rings. The van der Waals surface area contributed by atoms with Crippen LogP contribution >= 0.6 is 11.5 Å². The number of aryl methyl sites for hydroxylation is 1. The van der Waals surface area contributed by atoms with E-state index in [0.717, 1.165) is 23.9 Å². The first-order chi connectivity index (χ1) is 5.75. The Morgan fingerprint density at radius 3 is 3.00 bits per heavy atom. The molecule has 0 saturated carbocycles. The number of aromatic nitrogens is 2. The molecule has 0 aromatic carbocycles. The summed E-state index contributed by atoms with van der Waals surface area (Å²) in [6.07, 6.45) is 0.660. The normalized spacial score (nSPS) is 23.5. The van der Waals surface area contributed by atoms with Gasteiger partial charge in [0.1, 0.15) is 5.82 Å². The van der Waals surface area contributed by atoms with Crippen LogP contribution in [0.25, 0.3) is 0 Å². The van der Waals surface area contributed by atoms with E-state index in [2.05, 4.69) is 14.3 Å². The summed E-state index contributed by atoms with van der Waals surface area (Å²) in [4.78, 5) is 6.33. The summed E-state index contributed by atoms with van der Waals surface area (Å²) in [5.74, 6) is 0.816. The molecule has 0 unspecified atom stereocenters. The second-order valence-electron chi connectivity index (χ2n) is 3.01. The minimum atomic E-state index is -0.186. The van der Waals surface area contributed by atoms with E-state index in [1.165, 1.54) is 11.5 Å². The van der Waals surface area contributed by atoms with Gasteiger partial charge in [-0.05, 0) is 13.3 Å². The van der Waals surface area contributed by atoms with E-state index in [9.17, 15) is 5.11 Å². The van der Waals surface area contributed by atoms with Crippen molar-refractivity contribution in [3.8, 4) is 0 Å². The highest BCUT2D eigenvalue weighted by molar-refractivity contribution is 7.09. The summed E-state index contributed by atoms with van der Waals surface area (Å²) in [6.45, 7) is 3.48. The predicted molar refractivity (Wildman–Crippen MR) is 47.5 cm³/mol. The van der Waals surface area contributed by atoms with Crippen LogP contribution in [0.15, 0.2) is 0 Å². The predicted octanol–water partition coefficient (Wildman–Crippen LogP) is 0.418. The number of hydrogen-bond acceptors (Lipinski definition) is 5. The molecule has 1 N–H and O–H groups in total. The largest absolute Gasteiger partial charge is 0.391 e. The summed E-state index contributed by atoms with van der Waals surface area (Å²) >= 11 is 1.40. The topological polar surface area (TPSA) is 49.2 Å². The SMILES string of the molecule is Cc1nsc(N2CC[C@@H](O)C2)n1. The van der Waals surface area contributed by atoms with Crippen LogP contribution in [0.2, 0.25) is 0 Å². The van der Waals surface area contributed by atoms with Gasteiger partial charge in [-0.1, -0.05) is 0 Å². The molecule has 0 bridgehead atoms. The van der Waals surface area contributed by atoms with Crippen molar-refractivity contribution in [2.75, 3.05) is 18.0 Å². The van der Waals surface area contributed by atoms with Crippen LogP contribution in [0.5, 0.6) is 0 Å². The van der Waals surface area contributed by atoms with Crippen LogP contribution < -0.4 is 4.90 Å². The Morgan fingerprint density at radius 2 is 2.50 bits per heavy atom. The van der Waals surface area contributed by atoms with Crippen molar-refractivity contribution in [3.63, 3.8) is 0 Å². The molecule has 12 heavy (non-hydrogen) atoms. The van der Waals surface area contributed by atoms with Gasteiger partial charge < -0.3 is 10.0 Å². The van der Waals surface area contributed by atoms with Crippen LogP contribution in [0, 0.1) is 6.92 Å². The summed E-state index contributed by atoms with van der Waals surface area (Å²) in [7, 11) is 0. The minimum Gasteiger partial charge on any atom is -0.391 e. The molecule has 1 aromatic heterocycles. The lowest BCUT2D eigenvalue weighted by atomic mass is 10.3. The summed E-state index contributed by atoms with van der Waals surface area (Å²) in [6, 6.07) is 0. The highest BCUT2D eigenvalue weighted by atomic mass is 32.1. The number of rotatable bonds is 1. The van der Waals surface area contributed by atoms with Crippen molar-refractivity contribution in [2.24, 2.45) is 0 Å². The zero-order chi connectivity index (χ0) is 8.55. The highest BCUT2D eigenvalue weighted by Gasteiger charge is 2.22. The zero-order valence-electron chi connectivity index (χ0n) is 6.90. The van der Waals surface area contributed by atoms with E-state index < -0.39 is 0 Å². The molecule has 4 nitrogen and oxygen atoms in total. The molecule has 1 aliphatic rings. The van der Waals surface area contributed by atoms with Crippen molar-refractivity contribution in [1.82, 2.24) is 9.36 Å². The van der Waals surface area contributed by atoms with Crippen LogP contribution in [-0.2, 0) is 0 Å². The maximum atomic E-state index is 9.28. The first-order valence-electron chi connectivity index (χ1n) is 3.99. The molecular formula is C7H11N3OS. The molecule has 2 heterocycles. The quantitative estimate of drug-likeness (QED) is 0.688. The zero-order valence-corrected chi connectivity index (χ0v) is 7.71. The molecule has 1 fully saturated rings. The molecule has 0 aliphatic carbocycles. The Morgan fingerprint density at radius 1 is 1.67 bits per heavy atom. The van der Waals surface area contributed by atoms with Crippen LogP contribution in [-0.4, -0.2) is 33.7 Å². The Labute approximate surface area is 75.0 Å². The van der Waals surface area contributed by atoms with Crippen molar-refractivity contribution < 1.29 is 5.11 Å². The number of aliphatic hydroxyl groups is 1. The molecule has 1 aliphatic heterocycles. The van der Waals surface area contributed by atoms with Gasteiger partial charge in [0.2, 0.25) is 5.13 Å². The number of aliphatic hydroxyl groups excluding tert-OH is 1. The second-order valence-corrected chi connectivity index (χ2v) is 3.74. The third-order valence-corrected chi connectivity index (χ3v) is 2.82. The lowest BCUT2D eigenvalue weighted by molar-refractivity contribution is 0.198. The molecule has 66 valence electrons. The fraction of sp³-hybridized carbons (Fsp3) is 0.714. The summed E-state index contributed by atoms with van der Waals surface area (Å²) in [5.41, 5.74) is 0. The fourth-order valence-electron chi connectivity index (χ4n) is 1.33. The lowest BCUT2D eigenvalue weighted by Crippen LogP contribution is -2.20. The van der Waals surface area contributed by atoms with E-state index in [0.29, 0.717) is 6.54 Å². The maximum Gasteiger partial charge on any atom is 0.205 e. The first-order valence-corrected chi connectivity index (χ1v) is 4.76. The van der Waals surface area contributed by atoms with E-state index in [4.69, 9.17) is 0 Å². The van der Waals surface area contributed by atoms with Gasteiger partial charge in [0, 0.05) is 24.6 Å². The Kier molecular flexibility index (Phi) is 1.98. The van der Waals surface area contributed by atoms with Gasteiger partial charge in [-0.25, -0.2) is 4.98 Å². The summed E-state index contributed by atoms with van der Waals surface area (Å²) < 4.78 is 4.09. The van der Waals surface area contributed by atoms with Crippen molar-refractivity contribution >= 4 is 16.7 Å². The Bertz CT molecular complexity index is 275. The standard InChI is InChI=1S/C7H11N3OS/c1-5-8-7(12-9-5)10-3-2-6(11)4-10/h6,11H,2-4H2,1H3/t6-/m1/s1. The molecule has 1 saturated heterocycles. The van der Waals surface area contributed by atoms with Crippen LogP contribution in [0.3, 0.4) is 0 Å². The maximum absolute atomic E-state index is 9.28. The van der Waals surface area contributed by atoms with Crippen molar-refractivity contribution in [2.45, 2.75) is 19.4 Å². The van der Waals surface area contributed by atoms with Gasteiger partial charge in [0.05, 0.1) is 6.10 Å². The second kappa shape index (κ2) is 2.99. The van der Waals surface area contributed by atoms with Gasteiger partial charge in [-0.15, -0.1) is 0 Å². The molecule has 0 spiro atoms.